The summed E-state index contributed by atoms with van der Waals surface area (Å²) < 4.78 is 6.91. The number of carbonyl (C=O) groups excluding carboxylic acids is 2. The molecule has 1 aliphatic rings. The average Bonchev–Trinajstić information content (AvgIpc) is 3.20. The highest BCUT2D eigenvalue weighted by Gasteiger charge is 2.47. The molecule has 0 saturated carbocycles. The Morgan fingerprint density at radius 1 is 1.03 bits per heavy atom. The molecule has 1 heterocycles. The molecule has 2 atom stereocenters. The van der Waals surface area contributed by atoms with Crippen molar-refractivity contribution in [1.82, 2.24) is 10.7 Å². The number of halogens is 1. The third-order valence-electron chi connectivity index (χ3n) is 6.30. The minimum Gasteiger partial charge on any atom is -0.497 e. The van der Waals surface area contributed by atoms with Crippen LogP contribution in [0, 0.1) is 0 Å². The van der Waals surface area contributed by atoms with Gasteiger partial charge in [-0.1, -0.05) is 23.7 Å². The van der Waals surface area contributed by atoms with Crippen LogP contribution in [0.15, 0.2) is 72.8 Å². The first-order valence-electron chi connectivity index (χ1n) is 11.9. The summed E-state index contributed by atoms with van der Waals surface area (Å²) in [5, 5.41) is 3.50. The Balaban J connectivity index is 1.65. The summed E-state index contributed by atoms with van der Waals surface area (Å²) in [5.41, 5.74) is 6.25. The van der Waals surface area contributed by atoms with Crippen molar-refractivity contribution in [2.75, 3.05) is 25.1 Å². The van der Waals surface area contributed by atoms with E-state index in [1.807, 2.05) is 30.5 Å². The first-order chi connectivity index (χ1) is 17.4. The van der Waals surface area contributed by atoms with E-state index in [-0.39, 0.29) is 11.8 Å². The third-order valence-corrected chi connectivity index (χ3v) is 6.55. The van der Waals surface area contributed by atoms with Gasteiger partial charge in [0.15, 0.2) is 6.04 Å². The fourth-order valence-corrected chi connectivity index (χ4v) is 4.45. The monoisotopic (exact) mass is 505 g/mol. The van der Waals surface area contributed by atoms with Gasteiger partial charge in [0.25, 0.3) is 5.91 Å². The van der Waals surface area contributed by atoms with Crippen molar-refractivity contribution in [2.24, 2.45) is 0 Å². The highest BCUT2D eigenvalue weighted by atomic mass is 35.5. The second kappa shape index (κ2) is 11.3. The molecule has 1 fully saturated rings. The van der Waals surface area contributed by atoms with Crippen LogP contribution in [0.4, 0.5) is 5.69 Å². The molecular weight excluding hydrogens is 476 g/mol. The van der Waals surface area contributed by atoms with Crippen LogP contribution in [0.1, 0.15) is 41.4 Å². The molecule has 0 aliphatic carbocycles. The van der Waals surface area contributed by atoms with E-state index in [0.717, 1.165) is 29.9 Å². The number of nitrogens with zero attached hydrogens (tertiary/aromatic N) is 2. The van der Waals surface area contributed by atoms with Crippen molar-refractivity contribution in [3.63, 3.8) is 0 Å². The number of anilines is 1. The molecule has 2 N–H and O–H groups in total. The number of hydrogen-bond donors (Lipinski definition) is 2. The van der Waals surface area contributed by atoms with Gasteiger partial charge >= 0.3 is 5.91 Å². The summed E-state index contributed by atoms with van der Waals surface area (Å²) >= 11 is 6.11. The predicted molar refractivity (Wildman–Crippen MR) is 142 cm³/mol. The number of benzene rings is 3. The number of hydrogen-bond acceptors (Lipinski definition) is 4. The molecule has 3 aromatic rings. The van der Waals surface area contributed by atoms with Crippen LogP contribution in [-0.4, -0.2) is 49.0 Å². The van der Waals surface area contributed by atoms with Crippen molar-refractivity contribution in [3.05, 3.63) is 94.5 Å². The van der Waals surface area contributed by atoms with Crippen molar-refractivity contribution in [3.8, 4) is 5.75 Å². The van der Waals surface area contributed by atoms with E-state index in [1.54, 1.807) is 48.2 Å². The zero-order valence-electron chi connectivity index (χ0n) is 20.6. The quantitative estimate of drug-likeness (QED) is 0.450. The maximum Gasteiger partial charge on any atom is 0.304 e. The number of amides is 2. The molecule has 2 amide bonds. The highest BCUT2D eigenvalue weighted by Crippen LogP contribution is 2.27. The van der Waals surface area contributed by atoms with E-state index >= 15 is 0 Å². The van der Waals surface area contributed by atoms with Crippen molar-refractivity contribution < 1.29 is 19.0 Å². The third kappa shape index (κ3) is 5.52. The normalized spacial score (nSPS) is 18.1. The molecule has 8 heteroatoms. The number of hydrazine groups is 1. The summed E-state index contributed by atoms with van der Waals surface area (Å²) in [6.45, 7) is 6.10. The van der Waals surface area contributed by atoms with Gasteiger partial charge in [-0.15, -0.1) is 10.1 Å². The first kappa shape index (κ1) is 25.3. The van der Waals surface area contributed by atoms with E-state index in [9.17, 15) is 9.59 Å². The van der Waals surface area contributed by atoms with E-state index in [0.29, 0.717) is 16.3 Å². The van der Waals surface area contributed by atoms with Gasteiger partial charge < -0.3 is 15.0 Å². The van der Waals surface area contributed by atoms with Gasteiger partial charge in [-0.3, -0.25) is 9.59 Å². The summed E-state index contributed by atoms with van der Waals surface area (Å²) in [4.78, 5) is 28.4. The number of rotatable bonds is 8. The first-order valence-corrected chi connectivity index (χ1v) is 12.3. The van der Waals surface area contributed by atoms with Gasteiger partial charge in [-0.2, -0.15) is 0 Å². The summed E-state index contributed by atoms with van der Waals surface area (Å²) in [6, 6.07) is 20.9. The van der Waals surface area contributed by atoms with Gasteiger partial charge in [0, 0.05) is 40.5 Å². The van der Waals surface area contributed by atoms with Crippen molar-refractivity contribution in [2.45, 2.75) is 25.9 Å². The lowest BCUT2D eigenvalue weighted by Gasteiger charge is -2.20. The van der Waals surface area contributed by atoms with E-state index in [4.69, 9.17) is 16.3 Å². The lowest BCUT2D eigenvalue weighted by Crippen LogP contribution is -2.42. The Kier molecular flexibility index (Phi) is 7.90. The van der Waals surface area contributed by atoms with Crippen LogP contribution in [0.25, 0.3) is 0 Å². The number of ether oxygens (including phenoxy) is 1. The van der Waals surface area contributed by atoms with E-state index < -0.39 is 12.1 Å². The average molecular weight is 506 g/mol. The van der Waals surface area contributed by atoms with Crippen molar-refractivity contribution >= 4 is 35.3 Å². The van der Waals surface area contributed by atoms with Crippen molar-refractivity contribution in [1.29, 1.82) is 0 Å². The number of hydrazone groups is 1. The maximum atomic E-state index is 13.1. The van der Waals surface area contributed by atoms with Crippen LogP contribution in [-0.2, 0) is 4.79 Å². The SMILES string of the molecule is CCN(CC)c1ccc(/C=[N+]2\NC(=O)[C@H](NC(=O)c3ccc(OC)cc3)[C@@H]2c2ccc(Cl)cc2)cc1. The zero-order chi connectivity index (χ0) is 25.7. The van der Waals surface area contributed by atoms with E-state index in [2.05, 4.69) is 41.6 Å². The van der Waals surface area contributed by atoms with Crippen LogP contribution < -0.4 is 20.4 Å². The molecule has 0 radical (unpaired) electrons. The summed E-state index contributed by atoms with van der Waals surface area (Å²) in [5.74, 6) is 0.00648. The Morgan fingerprint density at radius 2 is 1.67 bits per heavy atom. The molecule has 7 nitrogen and oxygen atoms in total. The highest BCUT2D eigenvalue weighted by molar-refractivity contribution is 6.30. The standard InChI is InChI=1S/C28H29ClN4O3/c1-4-32(5-2)23-14-6-19(7-15-23)18-33-26(20-8-12-22(29)13-9-20)25(28(35)31-33)30-27(34)21-10-16-24(36-3)17-11-21/h6-18,25-26H,4-5H2,1-3H3,(H-,30,31,34,35)/p+1/t25-,26+/m1/s1. The molecule has 0 unspecified atom stereocenters. The maximum absolute atomic E-state index is 13.1. The van der Waals surface area contributed by atoms with E-state index in [1.165, 1.54) is 0 Å². The van der Waals surface area contributed by atoms with Gasteiger partial charge in [0.1, 0.15) is 5.75 Å². The topological polar surface area (TPSA) is 73.7 Å². The molecule has 36 heavy (non-hydrogen) atoms. The van der Waals surface area contributed by atoms with Crippen LogP contribution in [0.5, 0.6) is 5.75 Å². The van der Waals surface area contributed by atoms with Gasteiger partial charge in [0.2, 0.25) is 12.3 Å². The van der Waals surface area contributed by atoms with Crippen LogP contribution >= 0.6 is 11.6 Å². The van der Waals surface area contributed by atoms with Crippen LogP contribution in [0.3, 0.4) is 0 Å². The minimum absolute atomic E-state index is 0.298. The molecule has 4 rings (SSSR count). The molecule has 186 valence electrons. The van der Waals surface area contributed by atoms with Gasteiger partial charge in [0.05, 0.1) is 7.11 Å². The fraction of sp³-hybridized carbons (Fsp3) is 0.250. The second-order valence-corrected chi connectivity index (χ2v) is 8.89. The molecule has 1 aliphatic heterocycles. The smallest absolute Gasteiger partial charge is 0.304 e. The number of methoxy groups -OCH3 is 1. The zero-order valence-corrected chi connectivity index (χ0v) is 21.3. The lowest BCUT2D eigenvalue weighted by atomic mass is 9.99. The minimum atomic E-state index is -0.813. The number of carbonyl (C=O) groups is 2. The molecule has 0 spiro atoms. The Labute approximate surface area is 216 Å². The molecule has 0 bridgehead atoms. The van der Waals surface area contributed by atoms with Crippen LogP contribution in [0.2, 0.25) is 5.02 Å². The summed E-state index contributed by atoms with van der Waals surface area (Å²) in [6.07, 6.45) is 1.88. The van der Waals surface area contributed by atoms with Gasteiger partial charge in [-0.25, -0.2) is 0 Å². The fourth-order valence-electron chi connectivity index (χ4n) is 4.33. The summed E-state index contributed by atoms with van der Waals surface area (Å²) in [7, 11) is 1.57. The molecule has 3 aromatic carbocycles. The molecule has 1 saturated heterocycles. The Hall–Kier alpha value is -3.84. The largest absolute Gasteiger partial charge is 0.497 e. The van der Waals surface area contributed by atoms with Gasteiger partial charge in [-0.05, 0) is 74.5 Å². The number of nitrogens with one attached hydrogen (secondary N) is 2. The second-order valence-electron chi connectivity index (χ2n) is 8.45. The lowest BCUT2D eigenvalue weighted by molar-refractivity contribution is -0.596. The Bertz CT molecular complexity index is 1240. The Morgan fingerprint density at radius 3 is 2.25 bits per heavy atom. The molecule has 0 aromatic heterocycles. The predicted octanol–water partition coefficient (Wildman–Crippen LogP) is 4.21. The molecular formula is C28H30ClN4O3+.